The van der Waals surface area contributed by atoms with Crippen LogP contribution in [0.2, 0.25) is 0 Å². The lowest BCUT2D eigenvalue weighted by atomic mass is 10.0. The van der Waals surface area contributed by atoms with Gasteiger partial charge in [-0.1, -0.05) is 6.92 Å². The van der Waals surface area contributed by atoms with Gasteiger partial charge in [-0.05, 0) is 31.0 Å². The molecule has 0 saturated heterocycles. The van der Waals surface area contributed by atoms with Crippen molar-refractivity contribution in [1.29, 1.82) is 0 Å². The zero-order valence-corrected chi connectivity index (χ0v) is 13.9. The van der Waals surface area contributed by atoms with Crippen molar-refractivity contribution in [1.82, 2.24) is 24.6 Å². The van der Waals surface area contributed by atoms with Gasteiger partial charge in [0.05, 0.1) is 5.52 Å². The molecule has 0 unspecified atom stereocenters. The molecule has 1 amide bonds. The number of hydrogen-bond donors (Lipinski definition) is 1. The predicted molar refractivity (Wildman–Crippen MR) is 95.3 cm³/mol. The Morgan fingerprint density at radius 3 is 2.76 bits per heavy atom. The molecule has 0 atom stereocenters. The molecule has 1 N–H and O–H groups in total. The number of fused-ring (bicyclic) bond motifs is 3. The van der Waals surface area contributed by atoms with Crippen molar-refractivity contribution in [3.8, 4) is 11.1 Å². The van der Waals surface area contributed by atoms with Gasteiger partial charge in [-0.15, -0.1) is 0 Å². The van der Waals surface area contributed by atoms with E-state index in [1.54, 1.807) is 16.8 Å². The van der Waals surface area contributed by atoms with Gasteiger partial charge >= 0.3 is 0 Å². The molecule has 25 heavy (non-hydrogen) atoms. The second-order valence-corrected chi connectivity index (χ2v) is 5.79. The molecule has 0 aromatic carbocycles. The Morgan fingerprint density at radius 1 is 1.12 bits per heavy atom. The van der Waals surface area contributed by atoms with Gasteiger partial charge in [0, 0.05) is 40.7 Å². The van der Waals surface area contributed by atoms with E-state index in [0.29, 0.717) is 12.2 Å². The number of anilines is 1. The van der Waals surface area contributed by atoms with Crippen molar-refractivity contribution in [2.24, 2.45) is 0 Å². The zero-order valence-electron chi connectivity index (χ0n) is 13.9. The zero-order chi connectivity index (χ0) is 17.4. The highest BCUT2D eigenvalue weighted by Crippen LogP contribution is 2.30. The lowest BCUT2D eigenvalue weighted by Crippen LogP contribution is -2.00. The molecular formula is C18H16N6O. The Bertz CT molecular complexity index is 1100. The molecule has 7 nitrogen and oxygen atoms in total. The number of carbonyl (C=O) groups is 1. The van der Waals surface area contributed by atoms with E-state index in [1.165, 1.54) is 6.33 Å². The second kappa shape index (κ2) is 5.94. The Hall–Kier alpha value is -3.35. The number of aromatic nitrogens is 5. The molecule has 7 heteroatoms. The van der Waals surface area contributed by atoms with Crippen LogP contribution in [0, 0.1) is 6.92 Å². The van der Waals surface area contributed by atoms with E-state index in [0.717, 1.165) is 45.4 Å². The fourth-order valence-electron chi connectivity index (χ4n) is 3.00. The van der Waals surface area contributed by atoms with Gasteiger partial charge in [0.15, 0.2) is 5.65 Å². The Labute approximate surface area is 143 Å². The van der Waals surface area contributed by atoms with E-state index < -0.39 is 0 Å². The minimum Gasteiger partial charge on any atom is -0.313 e. The SMILES string of the molecule is CCc1cc(C)c(-c2cc3cnc(NC=O)cc3n3ncnc23)cn1. The maximum Gasteiger partial charge on any atom is 0.212 e. The predicted octanol–water partition coefficient (Wildman–Crippen LogP) is 2.78. The largest absolute Gasteiger partial charge is 0.313 e. The standard InChI is InChI=1S/C18H16N6O/c1-3-13-4-11(2)15(8-19-13)14-5-12-7-20-17(22-10-25)6-16(12)24-18(14)21-9-23-24/h4-10H,3H2,1-2H3,(H,20,22,25). The van der Waals surface area contributed by atoms with Crippen LogP contribution in [0.1, 0.15) is 18.2 Å². The van der Waals surface area contributed by atoms with Gasteiger partial charge in [-0.25, -0.2) is 14.5 Å². The lowest BCUT2D eigenvalue weighted by Gasteiger charge is -2.11. The van der Waals surface area contributed by atoms with E-state index in [4.69, 9.17) is 0 Å². The first-order valence-electron chi connectivity index (χ1n) is 8.00. The highest BCUT2D eigenvalue weighted by Gasteiger charge is 2.14. The molecule has 0 radical (unpaired) electrons. The van der Waals surface area contributed by atoms with Gasteiger partial charge in [0.1, 0.15) is 12.1 Å². The number of carbonyl (C=O) groups excluding carboxylic acids is 1. The normalized spacial score (nSPS) is 11.1. The fourth-order valence-corrected chi connectivity index (χ4v) is 3.00. The number of nitrogens with one attached hydrogen (secondary N) is 1. The summed E-state index contributed by atoms with van der Waals surface area (Å²) in [6.07, 6.45) is 6.63. The molecule has 0 aliphatic heterocycles. The molecular weight excluding hydrogens is 316 g/mol. The molecule has 0 fully saturated rings. The summed E-state index contributed by atoms with van der Waals surface area (Å²) in [4.78, 5) is 23.9. The Morgan fingerprint density at radius 2 is 2.00 bits per heavy atom. The Balaban J connectivity index is 1.99. The third-order valence-electron chi connectivity index (χ3n) is 4.26. The van der Waals surface area contributed by atoms with Crippen molar-refractivity contribution < 1.29 is 4.79 Å². The van der Waals surface area contributed by atoms with Crippen LogP contribution in [0.5, 0.6) is 0 Å². The van der Waals surface area contributed by atoms with Gasteiger partial charge in [0.2, 0.25) is 6.41 Å². The quantitative estimate of drug-likeness (QED) is 0.581. The maximum absolute atomic E-state index is 10.7. The van der Waals surface area contributed by atoms with Gasteiger partial charge in [0.25, 0.3) is 0 Å². The summed E-state index contributed by atoms with van der Waals surface area (Å²) in [5.41, 5.74) is 5.74. The van der Waals surface area contributed by atoms with Crippen LogP contribution in [0.3, 0.4) is 0 Å². The maximum atomic E-state index is 10.7. The fraction of sp³-hybridized carbons (Fsp3) is 0.167. The van der Waals surface area contributed by atoms with Gasteiger partial charge in [-0.3, -0.25) is 9.78 Å². The molecule has 0 spiro atoms. The van der Waals surface area contributed by atoms with Crippen molar-refractivity contribution in [2.75, 3.05) is 5.32 Å². The van der Waals surface area contributed by atoms with Crippen LogP contribution in [0.25, 0.3) is 27.7 Å². The van der Waals surface area contributed by atoms with Crippen molar-refractivity contribution in [2.45, 2.75) is 20.3 Å². The summed E-state index contributed by atoms with van der Waals surface area (Å²) in [5, 5.41) is 7.81. The smallest absolute Gasteiger partial charge is 0.212 e. The molecule has 0 aliphatic rings. The van der Waals surface area contributed by atoms with Crippen molar-refractivity contribution in [3.05, 3.63) is 48.2 Å². The number of rotatable bonds is 4. The molecule has 4 heterocycles. The van der Waals surface area contributed by atoms with Crippen LogP contribution >= 0.6 is 0 Å². The lowest BCUT2D eigenvalue weighted by molar-refractivity contribution is -0.105. The summed E-state index contributed by atoms with van der Waals surface area (Å²) >= 11 is 0. The van der Waals surface area contributed by atoms with Gasteiger partial charge < -0.3 is 5.32 Å². The number of aryl methyl sites for hydroxylation is 2. The summed E-state index contributed by atoms with van der Waals surface area (Å²) in [6.45, 7) is 4.16. The third-order valence-corrected chi connectivity index (χ3v) is 4.26. The molecule has 0 aliphatic carbocycles. The van der Waals surface area contributed by atoms with Crippen LogP contribution in [0.15, 0.2) is 36.9 Å². The van der Waals surface area contributed by atoms with Crippen molar-refractivity contribution >= 4 is 28.8 Å². The Kier molecular flexibility index (Phi) is 3.61. The highest BCUT2D eigenvalue weighted by molar-refractivity contribution is 5.92. The summed E-state index contributed by atoms with van der Waals surface area (Å²) in [6, 6.07) is 5.91. The van der Waals surface area contributed by atoms with Crippen molar-refractivity contribution in [3.63, 3.8) is 0 Å². The van der Waals surface area contributed by atoms with Crippen LogP contribution in [0.4, 0.5) is 5.82 Å². The average Bonchev–Trinajstić information content (AvgIpc) is 3.11. The number of amides is 1. The third kappa shape index (κ3) is 2.50. The van der Waals surface area contributed by atoms with E-state index >= 15 is 0 Å². The minimum absolute atomic E-state index is 0.470. The number of hydrogen-bond acceptors (Lipinski definition) is 5. The molecule has 4 aromatic rings. The highest BCUT2D eigenvalue weighted by atomic mass is 16.1. The summed E-state index contributed by atoms with van der Waals surface area (Å²) < 4.78 is 1.76. The monoisotopic (exact) mass is 332 g/mol. The van der Waals surface area contributed by atoms with Crippen LogP contribution < -0.4 is 5.32 Å². The van der Waals surface area contributed by atoms with Crippen LogP contribution in [-0.4, -0.2) is 31.0 Å². The molecule has 0 saturated carbocycles. The molecule has 0 bridgehead atoms. The summed E-state index contributed by atoms with van der Waals surface area (Å²) in [5.74, 6) is 0.470. The van der Waals surface area contributed by atoms with Gasteiger partial charge in [-0.2, -0.15) is 5.10 Å². The average molecular weight is 332 g/mol. The summed E-state index contributed by atoms with van der Waals surface area (Å²) in [7, 11) is 0. The molecule has 4 rings (SSSR count). The first-order chi connectivity index (χ1) is 12.2. The van der Waals surface area contributed by atoms with E-state index in [2.05, 4.69) is 45.3 Å². The first kappa shape index (κ1) is 15.2. The number of pyridine rings is 3. The molecule has 124 valence electrons. The number of nitrogens with zero attached hydrogens (tertiary/aromatic N) is 5. The molecule has 4 aromatic heterocycles. The minimum atomic E-state index is 0.470. The van der Waals surface area contributed by atoms with Crippen LogP contribution in [-0.2, 0) is 11.2 Å². The van der Waals surface area contributed by atoms with E-state index in [1.807, 2.05) is 12.3 Å². The second-order valence-electron chi connectivity index (χ2n) is 5.79. The van der Waals surface area contributed by atoms with E-state index in [9.17, 15) is 4.79 Å². The first-order valence-corrected chi connectivity index (χ1v) is 8.00. The van der Waals surface area contributed by atoms with E-state index in [-0.39, 0.29) is 0 Å². The topological polar surface area (TPSA) is 85.1 Å².